The van der Waals surface area contributed by atoms with Gasteiger partial charge >= 0.3 is 5.97 Å². The first-order chi connectivity index (χ1) is 13.0. The molecule has 1 aromatic heterocycles. The van der Waals surface area contributed by atoms with Crippen molar-refractivity contribution in [2.45, 2.75) is 26.3 Å². The SMILES string of the molecule is CC1(CO)CCCN(Cc2cc(-c3ncccn3)ccc2OCC(=O)O)C1. The largest absolute Gasteiger partial charge is 0.482 e. The molecule has 0 saturated carbocycles. The summed E-state index contributed by atoms with van der Waals surface area (Å²) >= 11 is 0. The summed E-state index contributed by atoms with van der Waals surface area (Å²) in [7, 11) is 0. The van der Waals surface area contributed by atoms with Gasteiger partial charge in [0.1, 0.15) is 5.75 Å². The minimum Gasteiger partial charge on any atom is -0.482 e. The molecule has 0 aliphatic carbocycles. The van der Waals surface area contributed by atoms with Gasteiger partial charge in [0.15, 0.2) is 12.4 Å². The first kappa shape index (κ1) is 19.3. The van der Waals surface area contributed by atoms with E-state index < -0.39 is 5.97 Å². The maximum absolute atomic E-state index is 10.9. The number of hydrogen-bond donors (Lipinski definition) is 2. The summed E-state index contributed by atoms with van der Waals surface area (Å²) in [5.74, 6) is 0.151. The summed E-state index contributed by atoms with van der Waals surface area (Å²) in [5.41, 5.74) is 1.64. The summed E-state index contributed by atoms with van der Waals surface area (Å²) in [6, 6.07) is 7.33. The van der Waals surface area contributed by atoms with E-state index in [2.05, 4.69) is 21.8 Å². The molecule has 0 radical (unpaired) electrons. The van der Waals surface area contributed by atoms with Crippen molar-refractivity contribution < 1.29 is 19.7 Å². The molecule has 1 atom stereocenters. The molecule has 0 spiro atoms. The van der Waals surface area contributed by atoms with E-state index in [1.165, 1.54) is 0 Å². The van der Waals surface area contributed by atoms with Crippen LogP contribution in [0.2, 0.25) is 0 Å². The molecule has 2 heterocycles. The minimum absolute atomic E-state index is 0.111. The van der Waals surface area contributed by atoms with E-state index in [0.29, 0.717) is 18.1 Å². The standard InChI is InChI=1S/C20H25N3O4/c1-20(14-24)6-2-9-23(13-20)11-16-10-15(19-21-7-3-8-22-19)4-5-17(16)27-12-18(25)26/h3-5,7-8,10,24H,2,6,9,11-14H2,1H3,(H,25,26). The van der Waals surface area contributed by atoms with Gasteiger partial charge in [-0.3, -0.25) is 4.90 Å². The van der Waals surface area contributed by atoms with E-state index in [0.717, 1.165) is 37.1 Å². The molecule has 1 saturated heterocycles. The highest BCUT2D eigenvalue weighted by atomic mass is 16.5. The highest BCUT2D eigenvalue weighted by molar-refractivity contribution is 5.68. The van der Waals surface area contributed by atoms with E-state index in [4.69, 9.17) is 9.84 Å². The molecule has 144 valence electrons. The van der Waals surface area contributed by atoms with Crippen molar-refractivity contribution in [1.82, 2.24) is 14.9 Å². The molecular weight excluding hydrogens is 346 g/mol. The van der Waals surface area contributed by atoms with Crippen molar-refractivity contribution >= 4 is 5.97 Å². The topological polar surface area (TPSA) is 95.8 Å². The number of aromatic nitrogens is 2. The van der Waals surface area contributed by atoms with Crippen molar-refractivity contribution in [2.24, 2.45) is 5.41 Å². The van der Waals surface area contributed by atoms with Gasteiger partial charge in [0.25, 0.3) is 0 Å². The maximum Gasteiger partial charge on any atom is 0.341 e. The lowest BCUT2D eigenvalue weighted by Gasteiger charge is -2.39. The molecule has 3 rings (SSSR count). The highest BCUT2D eigenvalue weighted by Crippen LogP contribution is 2.32. The van der Waals surface area contributed by atoms with Crippen molar-refractivity contribution in [3.8, 4) is 17.1 Å². The van der Waals surface area contributed by atoms with E-state index in [1.807, 2.05) is 12.1 Å². The van der Waals surface area contributed by atoms with Crippen LogP contribution in [0.1, 0.15) is 25.3 Å². The van der Waals surface area contributed by atoms with Gasteiger partial charge in [-0.05, 0) is 43.7 Å². The average molecular weight is 371 g/mol. The molecule has 7 heteroatoms. The second-order valence-corrected chi connectivity index (χ2v) is 7.36. The Kier molecular flexibility index (Phi) is 6.03. The van der Waals surface area contributed by atoms with Gasteiger partial charge in [-0.1, -0.05) is 6.92 Å². The molecule has 27 heavy (non-hydrogen) atoms. The molecular formula is C20H25N3O4. The Bertz CT molecular complexity index is 784. The van der Waals surface area contributed by atoms with Crippen molar-refractivity contribution in [1.29, 1.82) is 0 Å². The lowest BCUT2D eigenvalue weighted by atomic mass is 9.82. The zero-order chi connectivity index (χ0) is 19.3. The fourth-order valence-corrected chi connectivity index (χ4v) is 3.50. The van der Waals surface area contributed by atoms with E-state index >= 15 is 0 Å². The Balaban J connectivity index is 1.86. The third-order valence-corrected chi connectivity index (χ3v) is 4.87. The van der Waals surface area contributed by atoms with Crippen molar-refractivity contribution in [3.63, 3.8) is 0 Å². The van der Waals surface area contributed by atoms with Gasteiger partial charge in [-0.25, -0.2) is 14.8 Å². The molecule has 1 fully saturated rings. The number of aliphatic carboxylic acids is 1. The summed E-state index contributed by atoms with van der Waals surface area (Å²) in [5, 5.41) is 18.6. The molecule has 2 N–H and O–H groups in total. The van der Waals surface area contributed by atoms with Crippen molar-refractivity contribution in [3.05, 3.63) is 42.2 Å². The van der Waals surface area contributed by atoms with E-state index in [9.17, 15) is 9.90 Å². The van der Waals surface area contributed by atoms with Crippen LogP contribution in [-0.2, 0) is 11.3 Å². The van der Waals surface area contributed by atoms with Crippen LogP contribution in [0.5, 0.6) is 5.75 Å². The molecule has 2 aromatic rings. The second kappa shape index (κ2) is 8.45. The number of hydrogen-bond acceptors (Lipinski definition) is 6. The Morgan fingerprint density at radius 1 is 1.33 bits per heavy atom. The van der Waals surface area contributed by atoms with Crippen LogP contribution >= 0.6 is 0 Å². The van der Waals surface area contributed by atoms with Gasteiger partial charge in [0, 0.05) is 48.6 Å². The molecule has 1 unspecified atom stereocenters. The summed E-state index contributed by atoms with van der Waals surface area (Å²) in [6.07, 6.45) is 5.40. The molecule has 1 aromatic carbocycles. The van der Waals surface area contributed by atoms with Crippen LogP contribution in [0.25, 0.3) is 11.4 Å². The lowest BCUT2D eigenvalue weighted by molar-refractivity contribution is -0.139. The Morgan fingerprint density at radius 3 is 2.81 bits per heavy atom. The molecule has 1 aliphatic rings. The zero-order valence-electron chi connectivity index (χ0n) is 15.5. The number of rotatable bonds is 7. The van der Waals surface area contributed by atoms with Gasteiger partial charge in [-0.15, -0.1) is 0 Å². The summed E-state index contributed by atoms with van der Waals surface area (Å²) < 4.78 is 5.49. The number of likely N-dealkylation sites (tertiary alicyclic amines) is 1. The number of nitrogens with zero attached hydrogens (tertiary/aromatic N) is 3. The summed E-state index contributed by atoms with van der Waals surface area (Å²) in [6.45, 7) is 4.20. The van der Waals surface area contributed by atoms with Crippen LogP contribution in [0, 0.1) is 5.41 Å². The number of carboxylic acid groups (broad SMARTS) is 1. The number of aliphatic hydroxyl groups is 1. The number of carbonyl (C=O) groups is 1. The third-order valence-electron chi connectivity index (χ3n) is 4.87. The van der Waals surface area contributed by atoms with Gasteiger partial charge in [0.2, 0.25) is 0 Å². The van der Waals surface area contributed by atoms with Crippen LogP contribution in [0.15, 0.2) is 36.7 Å². The number of piperidine rings is 1. The van der Waals surface area contributed by atoms with Crippen LogP contribution in [0.3, 0.4) is 0 Å². The zero-order valence-corrected chi connectivity index (χ0v) is 15.5. The average Bonchev–Trinajstić information content (AvgIpc) is 2.67. The molecule has 7 nitrogen and oxygen atoms in total. The van der Waals surface area contributed by atoms with Crippen LogP contribution in [0.4, 0.5) is 0 Å². The molecule has 0 amide bonds. The van der Waals surface area contributed by atoms with E-state index in [-0.39, 0.29) is 18.6 Å². The quantitative estimate of drug-likeness (QED) is 0.770. The lowest BCUT2D eigenvalue weighted by Crippen LogP contribution is -2.43. The first-order valence-electron chi connectivity index (χ1n) is 9.07. The number of carboxylic acids is 1. The monoisotopic (exact) mass is 371 g/mol. The maximum atomic E-state index is 10.9. The number of ether oxygens (including phenoxy) is 1. The van der Waals surface area contributed by atoms with Gasteiger partial charge in [-0.2, -0.15) is 0 Å². The Labute approximate surface area is 158 Å². The number of benzene rings is 1. The predicted molar refractivity (Wildman–Crippen MR) is 100 cm³/mol. The molecule has 0 bridgehead atoms. The molecule has 1 aliphatic heterocycles. The second-order valence-electron chi connectivity index (χ2n) is 7.36. The normalized spacial score (nSPS) is 20.4. The predicted octanol–water partition coefficient (Wildman–Crippen LogP) is 2.20. The summed E-state index contributed by atoms with van der Waals surface area (Å²) in [4.78, 5) is 21.7. The highest BCUT2D eigenvalue weighted by Gasteiger charge is 2.30. The first-order valence-corrected chi connectivity index (χ1v) is 9.07. The van der Waals surface area contributed by atoms with Gasteiger partial charge < -0.3 is 14.9 Å². The van der Waals surface area contributed by atoms with Gasteiger partial charge in [0.05, 0.1) is 0 Å². The van der Waals surface area contributed by atoms with E-state index in [1.54, 1.807) is 24.5 Å². The Hall–Kier alpha value is -2.51. The smallest absolute Gasteiger partial charge is 0.341 e. The Morgan fingerprint density at radius 2 is 2.11 bits per heavy atom. The van der Waals surface area contributed by atoms with Crippen molar-refractivity contribution in [2.75, 3.05) is 26.3 Å². The third kappa shape index (κ3) is 5.02. The fraction of sp³-hybridized carbons (Fsp3) is 0.450. The minimum atomic E-state index is -1.01. The van der Waals surface area contributed by atoms with Crippen LogP contribution < -0.4 is 4.74 Å². The van der Waals surface area contributed by atoms with Crippen LogP contribution in [-0.4, -0.2) is 57.4 Å². The number of aliphatic hydroxyl groups excluding tert-OH is 1. The fourth-order valence-electron chi connectivity index (χ4n) is 3.50.